The number of thioether (sulfide) groups is 1. The molecule has 0 atom stereocenters. The van der Waals surface area contributed by atoms with E-state index in [1.54, 1.807) is 22.5 Å². The van der Waals surface area contributed by atoms with Crippen LogP contribution in [0.4, 0.5) is 0 Å². The molecule has 0 radical (unpaired) electrons. The van der Waals surface area contributed by atoms with Crippen molar-refractivity contribution in [3.8, 4) is 5.75 Å². The molecule has 0 aliphatic rings. The smallest absolute Gasteiger partial charge is 0.209 e. The van der Waals surface area contributed by atoms with Gasteiger partial charge >= 0.3 is 0 Å². The van der Waals surface area contributed by atoms with Gasteiger partial charge < -0.3 is 10.1 Å². The maximum absolute atomic E-state index is 5.44. The summed E-state index contributed by atoms with van der Waals surface area (Å²) in [4.78, 5) is 0. The number of nitrogens with zero attached hydrogens (tertiary/aromatic N) is 4. The molecule has 0 saturated carbocycles. The van der Waals surface area contributed by atoms with Gasteiger partial charge in [0.1, 0.15) is 12.4 Å². The molecule has 1 aromatic heterocycles. The quantitative estimate of drug-likeness (QED) is 0.432. The fraction of sp³-hybridized carbons (Fsp3) is 0.357. The van der Waals surface area contributed by atoms with Crippen molar-refractivity contribution >= 4 is 11.8 Å². The molecule has 7 heteroatoms. The van der Waals surface area contributed by atoms with Crippen LogP contribution in [0.3, 0.4) is 0 Å². The minimum absolute atomic E-state index is 0.533. The Morgan fingerprint density at radius 1 is 1.38 bits per heavy atom. The van der Waals surface area contributed by atoms with Crippen LogP contribution in [0.15, 0.2) is 42.1 Å². The van der Waals surface area contributed by atoms with E-state index < -0.39 is 0 Å². The number of hydrogen-bond acceptors (Lipinski definition) is 6. The lowest BCUT2D eigenvalue weighted by molar-refractivity contribution is 0.363. The number of ether oxygens (including phenoxy) is 1. The van der Waals surface area contributed by atoms with Crippen LogP contribution in [0.2, 0.25) is 0 Å². The normalized spacial score (nSPS) is 10.5. The third-order valence-corrected chi connectivity index (χ3v) is 3.72. The van der Waals surface area contributed by atoms with E-state index in [1.165, 1.54) is 5.56 Å². The fourth-order valence-corrected chi connectivity index (χ4v) is 2.40. The van der Waals surface area contributed by atoms with Crippen LogP contribution < -0.4 is 10.1 Å². The van der Waals surface area contributed by atoms with Crippen molar-refractivity contribution in [1.29, 1.82) is 0 Å². The highest BCUT2D eigenvalue weighted by molar-refractivity contribution is 7.99. The maximum Gasteiger partial charge on any atom is 0.209 e. The van der Waals surface area contributed by atoms with Gasteiger partial charge in [0.15, 0.2) is 0 Å². The molecule has 0 aliphatic heterocycles. The summed E-state index contributed by atoms with van der Waals surface area (Å²) >= 11 is 1.64. The third kappa shape index (κ3) is 5.20. The van der Waals surface area contributed by atoms with Gasteiger partial charge in [0, 0.05) is 25.9 Å². The van der Waals surface area contributed by atoms with E-state index in [0.29, 0.717) is 6.61 Å². The average molecular weight is 305 g/mol. The van der Waals surface area contributed by atoms with Crippen LogP contribution in [-0.4, -0.2) is 39.1 Å². The Bertz CT molecular complexity index is 555. The number of rotatable bonds is 9. The maximum atomic E-state index is 5.44. The molecule has 0 spiro atoms. The monoisotopic (exact) mass is 305 g/mol. The SMILES string of the molecule is C=CCOc1ccc(CNCCSc2nnnn2C)cc1. The first-order chi connectivity index (χ1) is 10.3. The Labute approximate surface area is 128 Å². The zero-order chi connectivity index (χ0) is 14.9. The topological polar surface area (TPSA) is 64.9 Å². The van der Waals surface area contributed by atoms with Crippen LogP contribution in [0.1, 0.15) is 5.56 Å². The van der Waals surface area contributed by atoms with E-state index in [9.17, 15) is 0 Å². The number of benzene rings is 1. The number of nitrogens with one attached hydrogen (secondary N) is 1. The zero-order valence-corrected chi connectivity index (χ0v) is 12.8. The summed E-state index contributed by atoms with van der Waals surface area (Å²) < 4.78 is 7.12. The first kappa shape index (κ1) is 15.5. The standard InChI is InChI=1S/C14H19N5OS/c1-3-9-20-13-6-4-12(5-7-13)11-15-8-10-21-14-16-17-18-19(14)2/h3-7,15H,1,8-11H2,2H3. The van der Waals surface area contributed by atoms with E-state index in [2.05, 4.69) is 39.6 Å². The van der Waals surface area contributed by atoms with Crippen LogP contribution in [0.25, 0.3) is 0 Å². The molecule has 0 unspecified atom stereocenters. The number of hydrogen-bond donors (Lipinski definition) is 1. The molecule has 0 bridgehead atoms. The van der Waals surface area contributed by atoms with Gasteiger partial charge in [0.25, 0.3) is 0 Å². The van der Waals surface area contributed by atoms with Crippen LogP contribution in [0.5, 0.6) is 5.75 Å². The Morgan fingerprint density at radius 2 is 2.19 bits per heavy atom. The molecule has 1 N–H and O–H groups in total. The Kier molecular flexibility index (Phi) is 6.23. The van der Waals surface area contributed by atoms with Gasteiger partial charge in [0.2, 0.25) is 5.16 Å². The molecule has 1 heterocycles. The third-order valence-electron chi connectivity index (χ3n) is 2.71. The van der Waals surface area contributed by atoms with Crippen molar-refractivity contribution in [3.63, 3.8) is 0 Å². The molecular weight excluding hydrogens is 286 g/mol. The van der Waals surface area contributed by atoms with Gasteiger partial charge in [-0.2, -0.15) is 0 Å². The Balaban J connectivity index is 1.64. The van der Waals surface area contributed by atoms with Crippen molar-refractivity contribution in [3.05, 3.63) is 42.5 Å². The van der Waals surface area contributed by atoms with E-state index in [4.69, 9.17) is 4.74 Å². The van der Waals surface area contributed by atoms with E-state index in [0.717, 1.165) is 29.7 Å². The predicted octanol–water partition coefficient (Wildman–Crippen LogP) is 1.66. The largest absolute Gasteiger partial charge is 0.490 e. The Morgan fingerprint density at radius 3 is 2.86 bits per heavy atom. The lowest BCUT2D eigenvalue weighted by atomic mass is 10.2. The molecule has 0 fully saturated rings. The number of aryl methyl sites for hydroxylation is 1. The number of tetrazole rings is 1. The summed E-state index contributed by atoms with van der Waals surface area (Å²) in [5.41, 5.74) is 1.23. The summed E-state index contributed by atoms with van der Waals surface area (Å²) in [6, 6.07) is 8.07. The molecule has 112 valence electrons. The van der Waals surface area contributed by atoms with Crippen molar-refractivity contribution < 1.29 is 4.74 Å². The van der Waals surface area contributed by atoms with Crippen molar-refractivity contribution in [2.24, 2.45) is 7.05 Å². The lowest BCUT2D eigenvalue weighted by Gasteiger charge is -2.06. The van der Waals surface area contributed by atoms with Crippen molar-refractivity contribution in [1.82, 2.24) is 25.5 Å². The molecule has 6 nitrogen and oxygen atoms in total. The molecule has 1 aromatic carbocycles. The molecule has 2 aromatic rings. The fourth-order valence-electron chi connectivity index (χ4n) is 1.65. The van der Waals surface area contributed by atoms with Crippen LogP contribution in [0, 0.1) is 0 Å². The molecular formula is C14H19N5OS. The van der Waals surface area contributed by atoms with Crippen LogP contribution in [-0.2, 0) is 13.6 Å². The second kappa shape index (κ2) is 8.43. The highest BCUT2D eigenvalue weighted by atomic mass is 32.2. The van der Waals surface area contributed by atoms with E-state index in [-0.39, 0.29) is 0 Å². The number of aromatic nitrogens is 4. The Hall–Kier alpha value is -1.86. The average Bonchev–Trinajstić information content (AvgIpc) is 2.91. The highest BCUT2D eigenvalue weighted by Gasteiger charge is 2.01. The second-order valence-corrected chi connectivity index (χ2v) is 5.42. The minimum Gasteiger partial charge on any atom is -0.490 e. The zero-order valence-electron chi connectivity index (χ0n) is 12.0. The van der Waals surface area contributed by atoms with Crippen LogP contribution >= 0.6 is 11.8 Å². The van der Waals surface area contributed by atoms with Gasteiger partial charge in [-0.15, -0.1) is 5.10 Å². The molecule has 21 heavy (non-hydrogen) atoms. The van der Waals surface area contributed by atoms with Gasteiger partial charge in [-0.1, -0.05) is 36.5 Å². The molecule has 0 amide bonds. The minimum atomic E-state index is 0.533. The van der Waals surface area contributed by atoms with E-state index >= 15 is 0 Å². The summed E-state index contributed by atoms with van der Waals surface area (Å²) in [6.07, 6.45) is 1.74. The van der Waals surface area contributed by atoms with Crippen molar-refractivity contribution in [2.45, 2.75) is 11.7 Å². The lowest BCUT2D eigenvalue weighted by Crippen LogP contribution is -2.16. The second-order valence-electron chi connectivity index (χ2n) is 4.35. The van der Waals surface area contributed by atoms with Crippen molar-refractivity contribution in [2.75, 3.05) is 18.9 Å². The summed E-state index contributed by atoms with van der Waals surface area (Å²) in [6.45, 7) is 5.89. The summed E-state index contributed by atoms with van der Waals surface area (Å²) in [5.74, 6) is 1.79. The van der Waals surface area contributed by atoms with Gasteiger partial charge in [-0.3, -0.25) is 0 Å². The van der Waals surface area contributed by atoms with E-state index in [1.807, 2.05) is 19.2 Å². The highest BCUT2D eigenvalue weighted by Crippen LogP contribution is 2.13. The summed E-state index contributed by atoms with van der Waals surface area (Å²) in [5, 5.41) is 15.5. The molecule has 0 aliphatic carbocycles. The predicted molar refractivity (Wildman–Crippen MR) is 83.4 cm³/mol. The van der Waals surface area contributed by atoms with Gasteiger partial charge in [0.05, 0.1) is 0 Å². The first-order valence-electron chi connectivity index (χ1n) is 6.68. The first-order valence-corrected chi connectivity index (χ1v) is 7.66. The van der Waals surface area contributed by atoms with Gasteiger partial charge in [-0.05, 0) is 28.1 Å². The van der Waals surface area contributed by atoms with Gasteiger partial charge in [-0.25, -0.2) is 4.68 Å². The molecule has 0 saturated heterocycles. The summed E-state index contributed by atoms with van der Waals surface area (Å²) in [7, 11) is 1.84. The molecule has 2 rings (SSSR count).